The van der Waals surface area contributed by atoms with Crippen LogP contribution in [-0.2, 0) is 25.8 Å². The van der Waals surface area contributed by atoms with Gasteiger partial charge in [-0.15, -0.1) is 0 Å². The molecule has 0 aliphatic rings. The lowest BCUT2D eigenvalue weighted by Gasteiger charge is -2.14. The Bertz CT molecular complexity index is 521. The average Bonchev–Trinajstić information content (AvgIpc) is 2.42. The lowest BCUT2D eigenvalue weighted by atomic mass is 10.1. The Morgan fingerprint density at radius 1 is 1.25 bits per heavy atom. The molecule has 0 fully saturated rings. The van der Waals surface area contributed by atoms with E-state index >= 15 is 0 Å². The molecule has 0 aromatic heterocycles. The number of carboxylic acids is 2. The lowest BCUT2D eigenvalue weighted by molar-refractivity contribution is -0.143. The molecule has 1 atom stereocenters. The number of carboxylic acid groups (broad SMARTS) is 2. The zero-order valence-electron chi connectivity index (χ0n) is 10.4. The smallest absolute Gasteiger partial charge is 0.328 e. The molecule has 0 radical (unpaired) electrons. The standard InChI is InChI=1S/C13H13NO6/c15-7-10(6-11(16)17)12(13(18)19)14-20-8-9-4-2-1-3-5-9/h1-5,12,14H,6,8H2,(H,16,17)(H,18,19)/t12-/m1/s1. The van der Waals surface area contributed by atoms with Gasteiger partial charge >= 0.3 is 11.9 Å². The molecule has 0 bridgehead atoms. The van der Waals surface area contributed by atoms with Crippen LogP contribution in [0.2, 0.25) is 0 Å². The molecular formula is C13H13NO6. The van der Waals surface area contributed by atoms with E-state index in [-0.39, 0.29) is 6.61 Å². The van der Waals surface area contributed by atoms with Crippen molar-refractivity contribution in [3.8, 4) is 0 Å². The molecule has 0 saturated carbocycles. The first-order valence-electron chi connectivity index (χ1n) is 5.64. The molecule has 0 aliphatic carbocycles. The molecule has 7 nitrogen and oxygen atoms in total. The largest absolute Gasteiger partial charge is 0.481 e. The van der Waals surface area contributed by atoms with E-state index in [1.54, 1.807) is 24.3 Å². The number of benzene rings is 1. The SMILES string of the molecule is O=C=C(CC(=O)O)[C@@H](NOCc1ccccc1)C(=O)O. The number of hydroxylamine groups is 1. The molecule has 106 valence electrons. The van der Waals surface area contributed by atoms with Crippen molar-refractivity contribution < 1.29 is 29.4 Å². The Hall–Kier alpha value is -2.47. The summed E-state index contributed by atoms with van der Waals surface area (Å²) >= 11 is 0. The summed E-state index contributed by atoms with van der Waals surface area (Å²) in [6.07, 6.45) is -0.720. The Labute approximate surface area is 114 Å². The van der Waals surface area contributed by atoms with Crippen LogP contribution in [0.25, 0.3) is 0 Å². The molecule has 0 amide bonds. The highest BCUT2D eigenvalue weighted by Gasteiger charge is 2.25. The van der Waals surface area contributed by atoms with Gasteiger partial charge in [-0.1, -0.05) is 30.3 Å². The summed E-state index contributed by atoms with van der Waals surface area (Å²) < 4.78 is 0. The maximum absolute atomic E-state index is 11.0. The van der Waals surface area contributed by atoms with Crippen LogP contribution in [0.4, 0.5) is 0 Å². The second-order valence-electron chi connectivity index (χ2n) is 3.86. The minimum Gasteiger partial charge on any atom is -0.481 e. The van der Waals surface area contributed by atoms with Crippen molar-refractivity contribution in [2.75, 3.05) is 0 Å². The van der Waals surface area contributed by atoms with Gasteiger partial charge in [-0.3, -0.25) is 14.4 Å². The van der Waals surface area contributed by atoms with E-state index in [0.29, 0.717) is 0 Å². The Morgan fingerprint density at radius 2 is 1.90 bits per heavy atom. The first-order valence-corrected chi connectivity index (χ1v) is 5.64. The highest BCUT2D eigenvalue weighted by Crippen LogP contribution is 2.06. The number of nitrogens with one attached hydrogen (secondary N) is 1. The Morgan fingerprint density at radius 3 is 2.40 bits per heavy atom. The van der Waals surface area contributed by atoms with Gasteiger partial charge in [0.2, 0.25) is 0 Å². The maximum atomic E-state index is 11.0. The van der Waals surface area contributed by atoms with E-state index in [4.69, 9.17) is 15.1 Å². The summed E-state index contributed by atoms with van der Waals surface area (Å²) in [5.41, 5.74) is 2.51. The van der Waals surface area contributed by atoms with Gasteiger partial charge in [0.05, 0.1) is 18.6 Å². The number of carbonyl (C=O) groups is 2. The van der Waals surface area contributed by atoms with E-state index in [1.807, 2.05) is 6.07 Å². The van der Waals surface area contributed by atoms with Crippen LogP contribution in [0.15, 0.2) is 35.9 Å². The van der Waals surface area contributed by atoms with E-state index in [0.717, 1.165) is 5.56 Å². The second kappa shape index (κ2) is 7.85. The van der Waals surface area contributed by atoms with Crippen LogP contribution >= 0.6 is 0 Å². The van der Waals surface area contributed by atoms with Crippen LogP contribution in [-0.4, -0.2) is 34.1 Å². The monoisotopic (exact) mass is 279 g/mol. The average molecular weight is 279 g/mol. The van der Waals surface area contributed by atoms with Gasteiger partial charge in [-0.25, -0.2) is 4.79 Å². The minimum atomic E-state index is -1.55. The predicted molar refractivity (Wildman–Crippen MR) is 67.2 cm³/mol. The molecule has 0 heterocycles. The molecule has 0 aliphatic heterocycles. The van der Waals surface area contributed by atoms with Crippen molar-refractivity contribution in [3.63, 3.8) is 0 Å². The van der Waals surface area contributed by atoms with Crippen molar-refractivity contribution >= 4 is 17.9 Å². The molecule has 1 aromatic carbocycles. The second-order valence-corrected chi connectivity index (χ2v) is 3.86. The molecule has 7 heteroatoms. The highest BCUT2D eigenvalue weighted by atomic mass is 16.6. The summed E-state index contributed by atoms with van der Waals surface area (Å²) in [5.74, 6) is -1.41. The maximum Gasteiger partial charge on any atom is 0.328 e. The van der Waals surface area contributed by atoms with Crippen molar-refractivity contribution in [1.82, 2.24) is 5.48 Å². The Balaban J connectivity index is 2.61. The molecule has 0 spiro atoms. The molecule has 20 heavy (non-hydrogen) atoms. The summed E-state index contributed by atoms with van der Waals surface area (Å²) in [6, 6.07) is 7.38. The van der Waals surface area contributed by atoms with Crippen LogP contribution in [0.5, 0.6) is 0 Å². The van der Waals surface area contributed by atoms with Crippen molar-refractivity contribution in [2.45, 2.75) is 19.1 Å². The highest BCUT2D eigenvalue weighted by molar-refractivity contribution is 5.85. The third-order valence-corrected chi connectivity index (χ3v) is 2.35. The van der Waals surface area contributed by atoms with Gasteiger partial charge in [0.25, 0.3) is 0 Å². The first-order chi connectivity index (χ1) is 9.54. The van der Waals surface area contributed by atoms with Gasteiger partial charge in [0.15, 0.2) is 6.04 Å². The molecule has 1 aromatic rings. The summed E-state index contributed by atoms with van der Waals surface area (Å²) in [7, 11) is 0. The first kappa shape index (κ1) is 15.6. The van der Waals surface area contributed by atoms with E-state index in [9.17, 15) is 14.4 Å². The van der Waals surface area contributed by atoms with Crippen LogP contribution < -0.4 is 5.48 Å². The van der Waals surface area contributed by atoms with Gasteiger partial charge in [0.1, 0.15) is 5.94 Å². The summed E-state index contributed by atoms with van der Waals surface area (Å²) in [5, 5.41) is 17.5. The molecule has 1 rings (SSSR count). The number of rotatable bonds is 8. The van der Waals surface area contributed by atoms with Crippen LogP contribution in [0.3, 0.4) is 0 Å². The van der Waals surface area contributed by atoms with Gasteiger partial charge in [0, 0.05) is 0 Å². The predicted octanol–water partition coefficient (Wildman–Crippen LogP) is 0.394. The van der Waals surface area contributed by atoms with Crippen molar-refractivity contribution in [1.29, 1.82) is 0 Å². The van der Waals surface area contributed by atoms with Crippen LogP contribution in [0, 0.1) is 0 Å². The molecule has 0 unspecified atom stereocenters. The van der Waals surface area contributed by atoms with Crippen LogP contribution in [0.1, 0.15) is 12.0 Å². The van der Waals surface area contributed by atoms with E-state index in [2.05, 4.69) is 5.48 Å². The third kappa shape index (κ3) is 5.03. The van der Waals surface area contributed by atoms with Crippen molar-refractivity contribution in [2.24, 2.45) is 0 Å². The van der Waals surface area contributed by atoms with E-state index < -0.39 is 30.0 Å². The number of hydrogen-bond acceptors (Lipinski definition) is 5. The van der Waals surface area contributed by atoms with Crippen molar-refractivity contribution in [3.05, 3.63) is 41.5 Å². The summed E-state index contributed by atoms with van der Waals surface area (Å²) in [4.78, 5) is 37.1. The quantitative estimate of drug-likeness (QED) is 0.466. The fraction of sp³-hybridized carbons (Fsp3) is 0.231. The van der Waals surface area contributed by atoms with Gasteiger partial charge < -0.3 is 10.2 Å². The van der Waals surface area contributed by atoms with Gasteiger partial charge in [-0.05, 0) is 5.56 Å². The third-order valence-electron chi connectivity index (χ3n) is 2.35. The molecular weight excluding hydrogens is 266 g/mol. The van der Waals surface area contributed by atoms with E-state index in [1.165, 1.54) is 5.94 Å². The number of hydrogen-bond donors (Lipinski definition) is 3. The minimum absolute atomic E-state index is 0.0732. The van der Waals surface area contributed by atoms with Gasteiger partial charge in [-0.2, -0.15) is 5.48 Å². The molecule has 3 N–H and O–H groups in total. The lowest BCUT2D eigenvalue weighted by Crippen LogP contribution is -2.39. The molecule has 0 saturated heterocycles. The fourth-order valence-electron chi connectivity index (χ4n) is 1.41. The number of aliphatic carboxylic acids is 2. The fourth-order valence-corrected chi connectivity index (χ4v) is 1.41. The number of carbonyl (C=O) groups excluding carboxylic acids is 1. The normalized spacial score (nSPS) is 11.4. The zero-order chi connectivity index (χ0) is 15.0. The Kier molecular flexibility index (Phi) is 6.12. The summed E-state index contributed by atoms with van der Waals surface area (Å²) in [6.45, 7) is 0.0732. The zero-order valence-corrected chi connectivity index (χ0v) is 10.4. The topological polar surface area (TPSA) is 113 Å².